The van der Waals surface area contributed by atoms with E-state index in [1.165, 1.54) is 32.4 Å². The molecule has 9 heteroatoms. The predicted octanol–water partition coefficient (Wildman–Crippen LogP) is 6.66. The number of nitrogens with zero attached hydrogens (tertiary/aromatic N) is 2. The van der Waals surface area contributed by atoms with Crippen LogP contribution in [-0.4, -0.2) is 11.8 Å². The first kappa shape index (κ1) is 23.7. The first-order valence-electron chi connectivity index (χ1n) is 11.9. The minimum Gasteiger partial charge on any atom is -0.312 e. The van der Waals surface area contributed by atoms with E-state index in [1.54, 1.807) is 12.1 Å². The van der Waals surface area contributed by atoms with Crippen LogP contribution in [-0.2, 0) is 25.7 Å². The van der Waals surface area contributed by atoms with Gasteiger partial charge in [-0.2, -0.15) is 10.5 Å². The van der Waals surface area contributed by atoms with Crippen LogP contribution in [0.2, 0.25) is 0 Å². The molecule has 3 heterocycles. The molecule has 0 aromatic carbocycles. The van der Waals surface area contributed by atoms with E-state index in [2.05, 4.69) is 22.8 Å². The minimum absolute atomic E-state index is 0.317. The van der Waals surface area contributed by atoms with E-state index in [4.69, 9.17) is 0 Å². The standard InChI is InChI=1S/C26H24N4O2S3/c27-13-17-15-7-3-1-5-9-19(15)34-25(17)29-23(31)21-11-12-22(33-21)24(32)30-26-18(14-28)16-8-4-2-6-10-20(16)35-26/h11-12H,1-10H2,(H,29,31)(H,30,32). The minimum atomic E-state index is -0.317. The summed E-state index contributed by atoms with van der Waals surface area (Å²) in [4.78, 5) is 29.1. The van der Waals surface area contributed by atoms with Crippen molar-refractivity contribution in [3.8, 4) is 12.1 Å². The number of nitrogens with one attached hydrogen (secondary N) is 2. The van der Waals surface area contributed by atoms with E-state index < -0.39 is 0 Å². The number of hydrogen-bond donors (Lipinski definition) is 2. The number of amides is 2. The fourth-order valence-electron chi connectivity index (χ4n) is 4.81. The lowest BCUT2D eigenvalue weighted by Crippen LogP contribution is -2.11. The van der Waals surface area contributed by atoms with Gasteiger partial charge in [-0.25, -0.2) is 0 Å². The van der Waals surface area contributed by atoms with Crippen LogP contribution in [0.25, 0.3) is 0 Å². The Morgan fingerprint density at radius 3 is 1.51 bits per heavy atom. The molecule has 0 aliphatic heterocycles. The van der Waals surface area contributed by atoms with Gasteiger partial charge in [0.1, 0.15) is 22.1 Å². The fourth-order valence-corrected chi connectivity index (χ4v) is 8.08. The molecule has 0 atom stereocenters. The van der Waals surface area contributed by atoms with Gasteiger partial charge in [-0.3, -0.25) is 9.59 Å². The molecule has 0 unspecified atom stereocenters. The molecule has 5 rings (SSSR count). The zero-order valence-corrected chi connectivity index (χ0v) is 21.6. The molecule has 6 nitrogen and oxygen atoms in total. The van der Waals surface area contributed by atoms with Gasteiger partial charge in [0.05, 0.1) is 20.9 Å². The first-order valence-corrected chi connectivity index (χ1v) is 14.4. The highest BCUT2D eigenvalue weighted by Crippen LogP contribution is 2.39. The molecular weight excluding hydrogens is 497 g/mol. The Labute approximate surface area is 216 Å². The summed E-state index contributed by atoms with van der Waals surface area (Å²) in [6, 6.07) is 7.83. The number of anilines is 2. The summed E-state index contributed by atoms with van der Waals surface area (Å²) in [5.41, 5.74) is 3.32. The van der Waals surface area contributed by atoms with Crippen molar-refractivity contribution in [3.63, 3.8) is 0 Å². The molecule has 2 aliphatic carbocycles. The monoisotopic (exact) mass is 520 g/mol. The maximum atomic E-state index is 12.9. The van der Waals surface area contributed by atoms with Crippen molar-refractivity contribution in [1.29, 1.82) is 10.5 Å². The summed E-state index contributed by atoms with van der Waals surface area (Å²) in [5.74, 6) is -0.634. The Morgan fingerprint density at radius 1 is 0.657 bits per heavy atom. The Hall–Kier alpha value is -2.98. The largest absolute Gasteiger partial charge is 0.312 e. The lowest BCUT2D eigenvalue weighted by Gasteiger charge is -2.03. The number of nitriles is 2. The van der Waals surface area contributed by atoms with E-state index in [1.807, 2.05) is 0 Å². The predicted molar refractivity (Wildman–Crippen MR) is 141 cm³/mol. The molecule has 35 heavy (non-hydrogen) atoms. The van der Waals surface area contributed by atoms with Gasteiger partial charge in [0.25, 0.3) is 11.8 Å². The second kappa shape index (κ2) is 10.3. The molecule has 0 radical (unpaired) electrons. The average Bonchev–Trinajstić information content (AvgIpc) is 3.45. The average molecular weight is 521 g/mol. The van der Waals surface area contributed by atoms with Crippen molar-refractivity contribution < 1.29 is 9.59 Å². The smallest absolute Gasteiger partial charge is 0.266 e. The van der Waals surface area contributed by atoms with E-state index >= 15 is 0 Å². The zero-order valence-electron chi connectivity index (χ0n) is 19.2. The Bertz CT molecular complexity index is 1280. The fraction of sp³-hybridized carbons (Fsp3) is 0.385. The number of aryl methyl sites for hydroxylation is 2. The van der Waals surface area contributed by atoms with E-state index in [-0.39, 0.29) is 11.8 Å². The molecule has 3 aromatic heterocycles. The topological polar surface area (TPSA) is 106 Å². The van der Waals surface area contributed by atoms with Gasteiger partial charge in [-0.1, -0.05) is 12.8 Å². The van der Waals surface area contributed by atoms with Gasteiger partial charge in [-0.15, -0.1) is 34.0 Å². The molecule has 0 bridgehead atoms. The molecule has 0 saturated heterocycles. The third kappa shape index (κ3) is 4.77. The van der Waals surface area contributed by atoms with Crippen molar-refractivity contribution in [2.75, 3.05) is 10.6 Å². The molecule has 0 saturated carbocycles. The van der Waals surface area contributed by atoms with Crippen molar-refractivity contribution in [2.24, 2.45) is 0 Å². The number of hydrogen-bond acceptors (Lipinski definition) is 7. The van der Waals surface area contributed by atoms with E-state index in [0.717, 1.165) is 86.7 Å². The van der Waals surface area contributed by atoms with Gasteiger partial charge in [0, 0.05) is 9.75 Å². The number of carbonyl (C=O) groups excluding carboxylic acids is 2. The lowest BCUT2D eigenvalue weighted by molar-refractivity contribution is 0.102. The van der Waals surface area contributed by atoms with Crippen LogP contribution in [0.3, 0.4) is 0 Å². The van der Waals surface area contributed by atoms with Crippen molar-refractivity contribution in [2.45, 2.75) is 64.2 Å². The summed E-state index contributed by atoms with van der Waals surface area (Å²) in [6.07, 6.45) is 10.3. The quantitative estimate of drug-likeness (QED) is 0.375. The van der Waals surface area contributed by atoms with Gasteiger partial charge in [-0.05, 0) is 74.6 Å². The van der Waals surface area contributed by atoms with Crippen LogP contribution in [0.5, 0.6) is 0 Å². The summed E-state index contributed by atoms with van der Waals surface area (Å²) >= 11 is 4.11. The molecule has 178 valence electrons. The van der Waals surface area contributed by atoms with Gasteiger partial charge in [0.15, 0.2) is 0 Å². The van der Waals surface area contributed by atoms with Crippen LogP contribution in [0, 0.1) is 22.7 Å². The highest BCUT2D eigenvalue weighted by atomic mass is 32.1. The zero-order chi connectivity index (χ0) is 24.4. The highest BCUT2D eigenvalue weighted by molar-refractivity contribution is 7.18. The lowest BCUT2D eigenvalue weighted by atomic mass is 10.1. The third-order valence-electron chi connectivity index (χ3n) is 6.57. The number of rotatable bonds is 4. The maximum Gasteiger partial charge on any atom is 0.266 e. The van der Waals surface area contributed by atoms with Crippen molar-refractivity contribution >= 4 is 55.8 Å². The third-order valence-corrected chi connectivity index (χ3v) is 10.1. The molecule has 2 aliphatic rings. The van der Waals surface area contributed by atoms with Gasteiger partial charge in [0.2, 0.25) is 0 Å². The molecule has 3 aromatic rings. The Morgan fingerprint density at radius 2 is 1.09 bits per heavy atom. The molecule has 0 spiro atoms. The summed E-state index contributed by atoms with van der Waals surface area (Å²) in [6.45, 7) is 0. The first-order chi connectivity index (χ1) is 17.1. The maximum absolute atomic E-state index is 12.9. The second-order valence-electron chi connectivity index (χ2n) is 8.83. The second-order valence-corrected chi connectivity index (χ2v) is 12.1. The van der Waals surface area contributed by atoms with Crippen LogP contribution >= 0.6 is 34.0 Å². The van der Waals surface area contributed by atoms with Crippen LogP contribution in [0.15, 0.2) is 12.1 Å². The van der Waals surface area contributed by atoms with Crippen LogP contribution in [0.4, 0.5) is 10.0 Å². The Balaban J connectivity index is 1.31. The number of thiophene rings is 3. The Kier molecular flexibility index (Phi) is 7.01. The molecule has 2 amide bonds. The molecule has 2 N–H and O–H groups in total. The summed E-state index contributed by atoms with van der Waals surface area (Å²) in [5, 5.41) is 26.4. The van der Waals surface area contributed by atoms with Crippen LogP contribution in [0.1, 0.15) is 89.9 Å². The van der Waals surface area contributed by atoms with Gasteiger partial charge >= 0.3 is 0 Å². The normalized spacial score (nSPS) is 15.0. The highest BCUT2D eigenvalue weighted by Gasteiger charge is 2.24. The van der Waals surface area contributed by atoms with Crippen molar-refractivity contribution in [1.82, 2.24) is 0 Å². The van der Waals surface area contributed by atoms with E-state index in [9.17, 15) is 20.1 Å². The summed E-state index contributed by atoms with van der Waals surface area (Å²) in [7, 11) is 0. The molecular formula is C26H24N4O2S3. The SMILES string of the molecule is N#Cc1c(NC(=O)c2ccc(C(=O)Nc3sc4c(c3C#N)CCCCC4)s2)sc2c1CCCCC2. The number of carbonyl (C=O) groups is 2. The molecule has 0 fully saturated rings. The van der Waals surface area contributed by atoms with Crippen LogP contribution < -0.4 is 10.6 Å². The van der Waals surface area contributed by atoms with E-state index in [0.29, 0.717) is 30.9 Å². The van der Waals surface area contributed by atoms with Crippen molar-refractivity contribution in [3.05, 3.63) is 53.9 Å². The number of fused-ring (bicyclic) bond motifs is 2. The summed E-state index contributed by atoms with van der Waals surface area (Å²) < 4.78 is 0. The van der Waals surface area contributed by atoms with Gasteiger partial charge < -0.3 is 10.6 Å².